The number of hydrogen-bond donors (Lipinski definition) is 1. The van der Waals surface area contributed by atoms with Crippen molar-refractivity contribution in [3.05, 3.63) is 40.9 Å². The van der Waals surface area contributed by atoms with Gasteiger partial charge in [-0.05, 0) is 25.5 Å². The number of carbonyl (C=O) groups excluding carboxylic acids is 2. The summed E-state index contributed by atoms with van der Waals surface area (Å²) in [5.74, 6) is 0.286. The molecule has 0 unspecified atom stereocenters. The van der Waals surface area contributed by atoms with Gasteiger partial charge in [0.1, 0.15) is 12.4 Å². The molecular weight excluding hydrogens is 346 g/mol. The molecule has 0 radical (unpaired) electrons. The number of ether oxygens (including phenoxy) is 1. The summed E-state index contributed by atoms with van der Waals surface area (Å²) in [6.45, 7) is 3.73. The molecule has 2 heterocycles. The number of nitrogens with zero attached hydrogens (tertiary/aromatic N) is 4. The largest absolute Gasteiger partial charge is 0.448 e. The second kappa shape index (κ2) is 7.52. The molecule has 2 amide bonds. The zero-order chi connectivity index (χ0) is 17.8. The van der Waals surface area contributed by atoms with Gasteiger partial charge in [0.05, 0.1) is 17.3 Å². The van der Waals surface area contributed by atoms with Gasteiger partial charge in [-0.3, -0.25) is 4.79 Å². The number of benzene rings is 1. The minimum absolute atomic E-state index is 0.0815. The number of rotatable bonds is 6. The maximum Gasteiger partial charge on any atom is 0.409 e. The fourth-order valence-electron chi connectivity index (χ4n) is 2.52. The van der Waals surface area contributed by atoms with Crippen LogP contribution >= 0.6 is 11.6 Å². The van der Waals surface area contributed by atoms with Crippen LogP contribution in [0.1, 0.15) is 22.9 Å². The Morgan fingerprint density at radius 2 is 2.20 bits per heavy atom. The number of aromatic nitrogens is 3. The molecule has 8 nitrogen and oxygen atoms in total. The highest BCUT2D eigenvalue weighted by Crippen LogP contribution is 2.20. The molecule has 25 heavy (non-hydrogen) atoms. The van der Waals surface area contributed by atoms with Gasteiger partial charge >= 0.3 is 6.09 Å². The van der Waals surface area contributed by atoms with Gasteiger partial charge in [0.25, 0.3) is 5.91 Å². The molecule has 3 rings (SSSR count). The molecule has 0 aliphatic carbocycles. The van der Waals surface area contributed by atoms with Gasteiger partial charge < -0.3 is 15.0 Å². The number of amides is 2. The number of para-hydroxylation sites is 1. The molecule has 2 aromatic rings. The SMILES string of the molecule is Cc1nc(C(=O)NCCCN2CCOC2=O)nn1-c1ccccc1Cl. The molecule has 1 N–H and O–H groups in total. The lowest BCUT2D eigenvalue weighted by atomic mass is 10.3. The van der Waals surface area contributed by atoms with Crippen molar-refractivity contribution in [3.8, 4) is 5.69 Å². The van der Waals surface area contributed by atoms with Crippen molar-refractivity contribution >= 4 is 23.6 Å². The Hall–Kier alpha value is -2.61. The quantitative estimate of drug-likeness (QED) is 0.790. The van der Waals surface area contributed by atoms with Crippen LogP contribution in [0.5, 0.6) is 0 Å². The third kappa shape index (κ3) is 3.90. The molecule has 9 heteroatoms. The van der Waals surface area contributed by atoms with E-state index in [1.54, 1.807) is 24.0 Å². The second-order valence-electron chi connectivity index (χ2n) is 5.56. The summed E-state index contributed by atoms with van der Waals surface area (Å²) in [6.07, 6.45) is 0.326. The Morgan fingerprint density at radius 1 is 1.40 bits per heavy atom. The van der Waals surface area contributed by atoms with Crippen molar-refractivity contribution in [3.63, 3.8) is 0 Å². The summed E-state index contributed by atoms with van der Waals surface area (Å²) in [7, 11) is 0. The van der Waals surface area contributed by atoms with Crippen LogP contribution in [0.4, 0.5) is 4.79 Å². The monoisotopic (exact) mass is 363 g/mol. The predicted octanol–water partition coefficient (Wildman–Crippen LogP) is 1.80. The molecule has 0 spiro atoms. The Kier molecular flexibility index (Phi) is 5.18. The molecule has 1 aromatic heterocycles. The molecule has 0 bridgehead atoms. The van der Waals surface area contributed by atoms with Crippen molar-refractivity contribution in [2.45, 2.75) is 13.3 Å². The molecule has 0 atom stereocenters. The van der Waals surface area contributed by atoms with Gasteiger partial charge in [-0.25, -0.2) is 14.5 Å². The molecule has 0 saturated carbocycles. The molecule has 1 aliphatic heterocycles. The van der Waals surface area contributed by atoms with Crippen molar-refractivity contribution < 1.29 is 14.3 Å². The van der Waals surface area contributed by atoms with Gasteiger partial charge in [-0.1, -0.05) is 23.7 Å². The average molecular weight is 364 g/mol. The summed E-state index contributed by atoms with van der Waals surface area (Å²) < 4.78 is 6.39. The number of hydrogen-bond acceptors (Lipinski definition) is 5. The maximum atomic E-state index is 12.2. The van der Waals surface area contributed by atoms with E-state index in [4.69, 9.17) is 16.3 Å². The van der Waals surface area contributed by atoms with E-state index < -0.39 is 0 Å². The number of nitrogens with one attached hydrogen (secondary N) is 1. The summed E-state index contributed by atoms with van der Waals surface area (Å²) in [6, 6.07) is 7.22. The van der Waals surface area contributed by atoms with Crippen LogP contribution in [0.25, 0.3) is 5.69 Å². The highest BCUT2D eigenvalue weighted by Gasteiger charge is 2.21. The van der Waals surface area contributed by atoms with Crippen LogP contribution < -0.4 is 5.32 Å². The van der Waals surface area contributed by atoms with Crippen LogP contribution in [0.2, 0.25) is 5.02 Å². The molecular formula is C16H18ClN5O3. The van der Waals surface area contributed by atoms with Gasteiger partial charge in [-0.2, -0.15) is 0 Å². The van der Waals surface area contributed by atoms with Crippen molar-refractivity contribution in [2.75, 3.05) is 26.2 Å². The van der Waals surface area contributed by atoms with E-state index >= 15 is 0 Å². The summed E-state index contributed by atoms with van der Waals surface area (Å²) >= 11 is 6.16. The topological polar surface area (TPSA) is 89.3 Å². The Morgan fingerprint density at radius 3 is 2.92 bits per heavy atom. The first-order valence-electron chi connectivity index (χ1n) is 7.95. The Bertz CT molecular complexity index is 792. The van der Waals surface area contributed by atoms with E-state index in [9.17, 15) is 9.59 Å². The van der Waals surface area contributed by atoms with Crippen LogP contribution in [0.15, 0.2) is 24.3 Å². The first-order chi connectivity index (χ1) is 12.1. The third-order valence-corrected chi connectivity index (χ3v) is 4.11. The molecule has 1 aliphatic rings. The standard InChI is InChI=1S/C16H18ClN5O3/c1-11-19-14(20-22(11)13-6-3-2-5-12(13)17)15(23)18-7-4-8-21-9-10-25-16(21)24/h2-3,5-6H,4,7-10H2,1H3,(H,18,23). The van der Waals surface area contributed by atoms with E-state index in [1.165, 1.54) is 4.68 Å². The maximum absolute atomic E-state index is 12.2. The fraction of sp³-hybridized carbons (Fsp3) is 0.375. The number of halogens is 1. The van der Waals surface area contributed by atoms with Gasteiger partial charge in [0, 0.05) is 13.1 Å². The zero-order valence-electron chi connectivity index (χ0n) is 13.7. The van der Waals surface area contributed by atoms with Crippen molar-refractivity contribution in [1.29, 1.82) is 0 Å². The van der Waals surface area contributed by atoms with Crippen molar-refractivity contribution in [1.82, 2.24) is 25.0 Å². The lowest BCUT2D eigenvalue weighted by Crippen LogP contribution is -2.31. The normalized spacial score (nSPS) is 13.8. The van der Waals surface area contributed by atoms with Crippen molar-refractivity contribution in [2.24, 2.45) is 0 Å². The molecule has 1 fully saturated rings. The third-order valence-electron chi connectivity index (χ3n) is 3.79. The minimum atomic E-state index is -0.363. The fourth-order valence-corrected chi connectivity index (χ4v) is 2.73. The lowest BCUT2D eigenvalue weighted by Gasteiger charge is -2.11. The van der Waals surface area contributed by atoms with Gasteiger partial charge in [0.2, 0.25) is 5.82 Å². The highest BCUT2D eigenvalue weighted by atomic mass is 35.5. The summed E-state index contributed by atoms with van der Waals surface area (Å²) in [5, 5.41) is 7.52. The van der Waals surface area contributed by atoms with E-state index in [0.717, 1.165) is 0 Å². The van der Waals surface area contributed by atoms with Crippen LogP contribution in [-0.4, -0.2) is 57.9 Å². The first-order valence-corrected chi connectivity index (χ1v) is 8.32. The first kappa shape index (κ1) is 17.2. The Balaban J connectivity index is 1.57. The lowest BCUT2D eigenvalue weighted by molar-refractivity contribution is 0.0942. The van der Waals surface area contributed by atoms with Crippen LogP contribution in [0.3, 0.4) is 0 Å². The van der Waals surface area contributed by atoms with Gasteiger partial charge in [0.15, 0.2) is 0 Å². The summed E-state index contributed by atoms with van der Waals surface area (Å²) in [4.78, 5) is 29.3. The number of cyclic esters (lactones) is 1. The van der Waals surface area contributed by atoms with E-state index in [0.29, 0.717) is 49.2 Å². The molecule has 1 saturated heterocycles. The molecule has 132 valence electrons. The van der Waals surface area contributed by atoms with Crippen LogP contribution in [-0.2, 0) is 4.74 Å². The predicted molar refractivity (Wildman–Crippen MR) is 91.0 cm³/mol. The van der Waals surface area contributed by atoms with E-state index in [-0.39, 0.29) is 17.8 Å². The van der Waals surface area contributed by atoms with Crippen LogP contribution in [0, 0.1) is 6.92 Å². The summed E-state index contributed by atoms with van der Waals surface area (Å²) in [5.41, 5.74) is 0.667. The number of carbonyl (C=O) groups is 2. The highest BCUT2D eigenvalue weighted by molar-refractivity contribution is 6.32. The average Bonchev–Trinajstić information content (AvgIpc) is 3.18. The Labute approximate surface area is 149 Å². The smallest absolute Gasteiger partial charge is 0.409 e. The van der Waals surface area contributed by atoms with Gasteiger partial charge in [-0.15, -0.1) is 5.10 Å². The van der Waals surface area contributed by atoms with E-state index in [1.807, 2.05) is 12.1 Å². The number of aryl methyl sites for hydroxylation is 1. The zero-order valence-corrected chi connectivity index (χ0v) is 14.5. The van der Waals surface area contributed by atoms with E-state index in [2.05, 4.69) is 15.4 Å². The molecule has 1 aromatic carbocycles. The minimum Gasteiger partial charge on any atom is -0.448 e. The second-order valence-corrected chi connectivity index (χ2v) is 5.96.